The minimum atomic E-state index is -0.153. The smallest absolute Gasteiger partial charge is 0.255 e. The van der Waals surface area contributed by atoms with E-state index in [4.69, 9.17) is 0 Å². The molecule has 0 aliphatic rings. The number of amides is 1. The molecule has 0 unspecified atom stereocenters. The summed E-state index contributed by atoms with van der Waals surface area (Å²) >= 11 is 3.44. The maximum absolute atomic E-state index is 12.3. The van der Waals surface area contributed by atoms with Crippen molar-refractivity contribution in [3.8, 4) is 0 Å². The van der Waals surface area contributed by atoms with Crippen LogP contribution in [-0.2, 0) is 0 Å². The van der Waals surface area contributed by atoms with Crippen LogP contribution in [0.2, 0.25) is 0 Å². The molecule has 0 saturated carbocycles. The van der Waals surface area contributed by atoms with Gasteiger partial charge < -0.3 is 5.32 Å². The van der Waals surface area contributed by atoms with Gasteiger partial charge in [0.1, 0.15) is 0 Å². The number of halogens is 1. The molecule has 0 aromatic heterocycles. The van der Waals surface area contributed by atoms with Gasteiger partial charge in [-0.15, -0.1) is 0 Å². The van der Waals surface area contributed by atoms with Crippen LogP contribution in [0.1, 0.15) is 15.9 Å². The van der Waals surface area contributed by atoms with E-state index in [1.54, 1.807) is 18.2 Å². The fourth-order valence-electron chi connectivity index (χ4n) is 2.16. The summed E-state index contributed by atoms with van der Waals surface area (Å²) in [5.74, 6) is -0.153. The number of anilines is 1. The van der Waals surface area contributed by atoms with E-state index in [1.165, 1.54) is 0 Å². The quantitative estimate of drug-likeness (QED) is 0.510. The highest BCUT2D eigenvalue weighted by atomic mass is 79.9. The minimum absolute atomic E-state index is 0.153. The van der Waals surface area contributed by atoms with Crippen molar-refractivity contribution in [2.24, 2.45) is 10.2 Å². The number of azo groups is 1. The summed E-state index contributed by atoms with van der Waals surface area (Å²) in [6.07, 6.45) is 0. The second-order valence-corrected chi connectivity index (χ2v) is 6.35. The van der Waals surface area contributed by atoms with E-state index in [9.17, 15) is 4.79 Å². The van der Waals surface area contributed by atoms with Gasteiger partial charge in [0.15, 0.2) is 0 Å². The Labute approximate surface area is 154 Å². The molecule has 3 aromatic rings. The molecule has 3 rings (SSSR count). The summed E-state index contributed by atoms with van der Waals surface area (Å²) in [5.41, 5.74) is 3.92. The Balaban J connectivity index is 1.67. The van der Waals surface area contributed by atoms with Gasteiger partial charge in [-0.2, -0.15) is 10.2 Å². The molecule has 0 fully saturated rings. The summed E-state index contributed by atoms with van der Waals surface area (Å²) in [5, 5.41) is 11.2. The Hall–Kier alpha value is -2.79. The Morgan fingerprint density at radius 1 is 0.880 bits per heavy atom. The van der Waals surface area contributed by atoms with E-state index in [0.717, 1.165) is 21.4 Å². The van der Waals surface area contributed by atoms with Gasteiger partial charge in [-0.05, 0) is 61.0 Å². The zero-order valence-electron chi connectivity index (χ0n) is 13.6. The maximum atomic E-state index is 12.3. The van der Waals surface area contributed by atoms with E-state index in [0.29, 0.717) is 11.3 Å². The molecule has 1 amide bonds. The molecule has 0 aliphatic carbocycles. The largest absolute Gasteiger partial charge is 0.322 e. The highest BCUT2D eigenvalue weighted by Gasteiger charge is 2.07. The predicted octanol–water partition coefficient (Wildman–Crippen LogP) is 6.43. The summed E-state index contributed by atoms with van der Waals surface area (Å²) in [4.78, 5) is 12.3. The fourth-order valence-corrected chi connectivity index (χ4v) is 2.54. The average molecular weight is 394 g/mol. The minimum Gasteiger partial charge on any atom is -0.322 e. The second-order valence-electron chi connectivity index (χ2n) is 5.50. The molecule has 0 aliphatic heterocycles. The lowest BCUT2D eigenvalue weighted by Gasteiger charge is -2.07. The molecule has 0 radical (unpaired) electrons. The van der Waals surface area contributed by atoms with E-state index < -0.39 is 0 Å². The third-order valence-electron chi connectivity index (χ3n) is 3.60. The predicted molar refractivity (Wildman–Crippen MR) is 104 cm³/mol. The van der Waals surface area contributed by atoms with Gasteiger partial charge in [0, 0.05) is 15.7 Å². The third kappa shape index (κ3) is 4.61. The molecule has 0 bridgehead atoms. The van der Waals surface area contributed by atoms with Crippen molar-refractivity contribution in [2.75, 3.05) is 5.32 Å². The summed E-state index contributed by atoms with van der Waals surface area (Å²) in [7, 11) is 0. The number of hydrogen-bond donors (Lipinski definition) is 1. The van der Waals surface area contributed by atoms with Crippen molar-refractivity contribution < 1.29 is 4.79 Å². The van der Waals surface area contributed by atoms with Crippen LogP contribution in [-0.4, -0.2) is 5.91 Å². The van der Waals surface area contributed by atoms with E-state index in [2.05, 4.69) is 31.5 Å². The molecule has 0 heterocycles. The Morgan fingerprint density at radius 2 is 1.52 bits per heavy atom. The highest BCUT2D eigenvalue weighted by molar-refractivity contribution is 9.10. The van der Waals surface area contributed by atoms with Crippen molar-refractivity contribution in [2.45, 2.75) is 6.92 Å². The standard InChI is InChI=1S/C20H16BrN3O/c1-14-7-8-15(13-19(14)21)20(25)22-16-9-11-18(12-10-16)24-23-17-5-3-2-4-6-17/h2-13H,1H3,(H,22,25). The SMILES string of the molecule is Cc1ccc(C(=O)Nc2ccc(N=Nc3ccccc3)cc2)cc1Br. The molecule has 5 heteroatoms. The Bertz CT molecular complexity index is 906. The lowest BCUT2D eigenvalue weighted by atomic mass is 10.1. The first-order valence-electron chi connectivity index (χ1n) is 7.76. The zero-order chi connectivity index (χ0) is 17.6. The summed E-state index contributed by atoms with van der Waals surface area (Å²) < 4.78 is 0.914. The zero-order valence-corrected chi connectivity index (χ0v) is 15.2. The summed E-state index contributed by atoms with van der Waals surface area (Å²) in [6.45, 7) is 1.98. The molecule has 124 valence electrons. The molecular weight excluding hydrogens is 378 g/mol. The van der Waals surface area contributed by atoms with Crippen LogP contribution < -0.4 is 5.32 Å². The van der Waals surface area contributed by atoms with Crippen LogP contribution in [0.5, 0.6) is 0 Å². The molecule has 25 heavy (non-hydrogen) atoms. The van der Waals surface area contributed by atoms with Crippen LogP contribution in [0.25, 0.3) is 0 Å². The monoisotopic (exact) mass is 393 g/mol. The molecule has 0 spiro atoms. The molecule has 3 aromatic carbocycles. The number of nitrogens with zero attached hydrogens (tertiary/aromatic N) is 2. The van der Waals surface area contributed by atoms with Gasteiger partial charge in [0.05, 0.1) is 11.4 Å². The van der Waals surface area contributed by atoms with Gasteiger partial charge in [-0.3, -0.25) is 4.79 Å². The maximum Gasteiger partial charge on any atom is 0.255 e. The fraction of sp³-hybridized carbons (Fsp3) is 0.0500. The number of hydrogen-bond acceptors (Lipinski definition) is 3. The number of rotatable bonds is 4. The van der Waals surface area contributed by atoms with Gasteiger partial charge in [-0.1, -0.05) is 40.2 Å². The number of carbonyl (C=O) groups is 1. The number of aryl methyl sites for hydroxylation is 1. The number of benzene rings is 3. The lowest BCUT2D eigenvalue weighted by molar-refractivity contribution is 0.102. The molecular formula is C20H16BrN3O. The second kappa shape index (κ2) is 7.85. The highest BCUT2D eigenvalue weighted by Crippen LogP contribution is 2.21. The van der Waals surface area contributed by atoms with Crippen LogP contribution >= 0.6 is 15.9 Å². The van der Waals surface area contributed by atoms with Gasteiger partial charge in [0.25, 0.3) is 5.91 Å². The molecule has 0 atom stereocenters. The molecule has 0 saturated heterocycles. The molecule has 4 nitrogen and oxygen atoms in total. The number of nitrogens with one attached hydrogen (secondary N) is 1. The van der Waals surface area contributed by atoms with Crippen LogP contribution in [0, 0.1) is 6.92 Å². The van der Waals surface area contributed by atoms with Crippen LogP contribution in [0.3, 0.4) is 0 Å². The van der Waals surface area contributed by atoms with E-state index in [-0.39, 0.29) is 5.91 Å². The van der Waals surface area contributed by atoms with Crippen molar-refractivity contribution >= 4 is 38.9 Å². The first kappa shape index (κ1) is 17.0. The van der Waals surface area contributed by atoms with E-state index >= 15 is 0 Å². The normalized spacial score (nSPS) is 10.8. The van der Waals surface area contributed by atoms with Crippen molar-refractivity contribution in [1.82, 2.24) is 0 Å². The third-order valence-corrected chi connectivity index (χ3v) is 4.45. The first-order chi connectivity index (χ1) is 12.1. The van der Waals surface area contributed by atoms with Crippen molar-refractivity contribution in [3.05, 3.63) is 88.4 Å². The Kier molecular flexibility index (Phi) is 5.36. The van der Waals surface area contributed by atoms with Gasteiger partial charge in [0.2, 0.25) is 0 Å². The van der Waals surface area contributed by atoms with Gasteiger partial charge >= 0.3 is 0 Å². The Morgan fingerprint density at radius 3 is 2.16 bits per heavy atom. The lowest BCUT2D eigenvalue weighted by Crippen LogP contribution is -2.11. The number of carbonyl (C=O) groups excluding carboxylic acids is 1. The summed E-state index contributed by atoms with van der Waals surface area (Å²) in [6, 6.07) is 22.3. The average Bonchev–Trinajstić information content (AvgIpc) is 2.64. The van der Waals surface area contributed by atoms with Crippen LogP contribution in [0.15, 0.2) is 87.5 Å². The van der Waals surface area contributed by atoms with Gasteiger partial charge in [-0.25, -0.2) is 0 Å². The van der Waals surface area contributed by atoms with E-state index in [1.807, 2.05) is 61.5 Å². The van der Waals surface area contributed by atoms with Crippen molar-refractivity contribution in [1.29, 1.82) is 0 Å². The van der Waals surface area contributed by atoms with Crippen LogP contribution in [0.4, 0.5) is 17.1 Å². The molecule has 1 N–H and O–H groups in total. The first-order valence-corrected chi connectivity index (χ1v) is 8.55. The topological polar surface area (TPSA) is 53.8 Å². The van der Waals surface area contributed by atoms with Crippen molar-refractivity contribution in [3.63, 3.8) is 0 Å².